The minimum Gasteiger partial charge on any atom is -0.543 e. The molecule has 2 aliphatic heterocycles. The number of thioether (sulfide) groups is 1. The number of amides is 2. The van der Waals surface area contributed by atoms with Gasteiger partial charge in [0.1, 0.15) is 11.4 Å². The van der Waals surface area contributed by atoms with Gasteiger partial charge < -0.3 is 35.4 Å². The summed E-state index contributed by atoms with van der Waals surface area (Å²) in [6.07, 6.45) is 3.73. The summed E-state index contributed by atoms with van der Waals surface area (Å²) in [5.41, 5.74) is 3.25. The highest BCUT2D eigenvalue weighted by Gasteiger charge is 2.53. The van der Waals surface area contributed by atoms with E-state index in [0.29, 0.717) is 5.57 Å². The highest BCUT2D eigenvalue weighted by atomic mass is 32.2. The summed E-state index contributed by atoms with van der Waals surface area (Å²) in [6.45, 7) is 2.63. The minimum atomic E-state index is -1.82. The fourth-order valence-electron chi connectivity index (χ4n) is 3.98. The minimum absolute atomic E-state index is 0.227. The summed E-state index contributed by atoms with van der Waals surface area (Å²) >= 11 is 2.82. The number of nitrogens with zero attached hydrogens (tertiary/aromatic N) is 5. The average Bonchev–Trinajstić information content (AvgIpc) is 3.55. The monoisotopic (exact) mass is 587 g/mol. The lowest BCUT2D eigenvalue weighted by Gasteiger charge is -2.50. The summed E-state index contributed by atoms with van der Waals surface area (Å²) < 4.78 is 7.53. The number of carboxylic acid groups (broad SMARTS) is 2. The first-order valence-electron chi connectivity index (χ1n) is 11.6. The maximum atomic E-state index is 13.1. The second kappa shape index (κ2) is 10.2. The highest BCUT2D eigenvalue weighted by molar-refractivity contribution is 8.00. The molecule has 0 bridgehead atoms. The molecular weight excluding hydrogens is 566 g/mol. The number of nitrogens with two attached hydrogens (primary N) is 1. The van der Waals surface area contributed by atoms with Gasteiger partial charge in [-0.2, -0.15) is 9.55 Å². The zero-order chi connectivity index (χ0) is 28.8. The topological polar surface area (TPSA) is 217 Å². The van der Waals surface area contributed by atoms with Gasteiger partial charge >= 0.3 is 12.0 Å². The van der Waals surface area contributed by atoms with Gasteiger partial charge in [0.05, 0.1) is 16.4 Å². The Labute approximate surface area is 233 Å². The number of carbonyl (C=O) groups excluding carboxylic acids is 3. The van der Waals surface area contributed by atoms with Crippen LogP contribution >= 0.6 is 23.1 Å². The number of hydrogen-bond acceptors (Lipinski definition) is 13. The molecule has 5 rings (SSSR count). The lowest BCUT2D eigenvalue weighted by Crippen LogP contribution is -2.71. The average molecular weight is 588 g/mol. The number of thiophene rings is 1. The van der Waals surface area contributed by atoms with Gasteiger partial charge in [-0.05, 0) is 25.3 Å². The Morgan fingerprint density at radius 2 is 2.17 bits per heavy atom. The summed E-state index contributed by atoms with van der Waals surface area (Å²) in [7, 11) is 0. The number of aliphatic carboxylic acids is 2. The van der Waals surface area contributed by atoms with E-state index in [1.54, 1.807) is 11.3 Å². The van der Waals surface area contributed by atoms with Crippen molar-refractivity contribution in [1.29, 1.82) is 0 Å². The van der Waals surface area contributed by atoms with Crippen molar-refractivity contribution >= 4 is 68.7 Å². The second-order valence-corrected chi connectivity index (χ2v) is 11.3. The molecule has 2 atom stereocenters. The van der Waals surface area contributed by atoms with E-state index in [2.05, 4.69) is 25.1 Å². The zero-order valence-electron chi connectivity index (χ0n) is 20.9. The summed E-state index contributed by atoms with van der Waals surface area (Å²) in [5.74, 6) is -4.70. The van der Waals surface area contributed by atoms with Crippen molar-refractivity contribution in [3.63, 3.8) is 0 Å². The molecule has 1 fully saturated rings. The lowest BCUT2D eigenvalue weighted by atomic mass is 10.0. The number of pyridine rings is 1. The van der Waals surface area contributed by atoms with Crippen LogP contribution in [-0.2, 0) is 30.6 Å². The third-order valence-electron chi connectivity index (χ3n) is 6.11. The number of anilines is 1. The van der Waals surface area contributed by atoms with Gasteiger partial charge in [0.2, 0.25) is 17.1 Å². The molecule has 2 aliphatic rings. The van der Waals surface area contributed by atoms with Crippen LogP contribution in [0.15, 0.2) is 50.9 Å². The molecular formula is C23H21N7O8S2. The molecule has 4 N–H and O–H groups in total. The Bertz CT molecular complexity index is 1610. The van der Waals surface area contributed by atoms with E-state index in [9.17, 15) is 29.4 Å². The summed E-state index contributed by atoms with van der Waals surface area (Å²) in [4.78, 5) is 59.5. The van der Waals surface area contributed by atoms with Crippen LogP contribution < -0.4 is 20.7 Å². The third kappa shape index (κ3) is 4.95. The van der Waals surface area contributed by atoms with E-state index in [4.69, 9.17) is 10.6 Å². The van der Waals surface area contributed by atoms with Crippen molar-refractivity contribution in [2.45, 2.75) is 37.4 Å². The molecule has 40 heavy (non-hydrogen) atoms. The van der Waals surface area contributed by atoms with E-state index in [1.165, 1.54) is 25.6 Å². The van der Waals surface area contributed by atoms with Crippen molar-refractivity contribution in [3.8, 4) is 0 Å². The quantitative estimate of drug-likeness (QED) is 0.117. The van der Waals surface area contributed by atoms with Crippen molar-refractivity contribution < 1.29 is 43.3 Å². The largest absolute Gasteiger partial charge is 0.543 e. The normalized spacial score (nSPS) is 19.3. The smallest absolute Gasteiger partial charge is 0.350 e. The van der Waals surface area contributed by atoms with E-state index < -0.39 is 58.3 Å². The Morgan fingerprint density at radius 3 is 2.85 bits per heavy atom. The summed E-state index contributed by atoms with van der Waals surface area (Å²) in [5, 5.41) is 33.2. The predicted molar refractivity (Wildman–Crippen MR) is 137 cm³/mol. The van der Waals surface area contributed by atoms with Gasteiger partial charge in [0.25, 0.3) is 11.8 Å². The van der Waals surface area contributed by atoms with Crippen molar-refractivity contribution in [3.05, 3.63) is 47.0 Å². The molecule has 15 nitrogen and oxygen atoms in total. The Hall–Kier alpha value is -4.51. The molecule has 3 aromatic rings. The first-order chi connectivity index (χ1) is 19.0. The Kier molecular flexibility index (Phi) is 6.92. The number of aromatic nitrogens is 3. The fraction of sp³-hybridized carbons (Fsp3) is 0.304. The van der Waals surface area contributed by atoms with Crippen LogP contribution in [0.1, 0.15) is 19.7 Å². The summed E-state index contributed by atoms with van der Waals surface area (Å²) in [6, 6.07) is 2.37. The van der Waals surface area contributed by atoms with Crippen LogP contribution in [0.25, 0.3) is 10.1 Å². The molecule has 17 heteroatoms. The first kappa shape index (κ1) is 27.1. The molecule has 0 aromatic carbocycles. The highest BCUT2D eigenvalue weighted by Crippen LogP contribution is 2.40. The maximum absolute atomic E-state index is 13.1. The van der Waals surface area contributed by atoms with Crippen LogP contribution in [0, 0.1) is 0 Å². The van der Waals surface area contributed by atoms with Crippen LogP contribution in [0.3, 0.4) is 0 Å². The Balaban J connectivity index is 1.36. The molecule has 1 unspecified atom stereocenters. The molecule has 5 heterocycles. The van der Waals surface area contributed by atoms with Crippen LogP contribution in [0.4, 0.5) is 6.01 Å². The standard InChI is InChI=1S/C23H21N7O8S2/c1-23(2,21(35)36)38-27-13(16-26-22(24)37-28-16)17(31)25-14-18(32)30-15(20(33)34)11(9-40-19(14)30)7-29-5-3-10-4-6-39-12(10)8-29/h3-6,8,14,19H,7,9H2,1-2H3,(H4-,24,25,26,28,31,33,34,35,36)/b27-13-/t14?,19-/m1/s1. The lowest BCUT2D eigenvalue weighted by molar-refractivity contribution is -0.687. The number of oxime groups is 1. The van der Waals surface area contributed by atoms with Crippen LogP contribution in [-0.4, -0.2) is 72.4 Å². The molecule has 0 spiro atoms. The number of carbonyl (C=O) groups is 4. The molecule has 3 aromatic heterocycles. The molecule has 1 saturated heterocycles. The fourth-order valence-corrected chi connectivity index (χ4v) is 6.14. The number of nitrogen functional groups attached to an aromatic ring is 1. The van der Waals surface area contributed by atoms with Crippen molar-refractivity contribution in [2.24, 2.45) is 5.16 Å². The zero-order valence-corrected chi connectivity index (χ0v) is 22.5. The number of carboxylic acids is 2. The van der Waals surface area contributed by atoms with Gasteiger partial charge in [-0.15, -0.1) is 23.1 Å². The van der Waals surface area contributed by atoms with Crippen molar-refractivity contribution in [1.82, 2.24) is 20.4 Å². The Morgan fingerprint density at radius 1 is 1.40 bits per heavy atom. The van der Waals surface area contributed by atoms with Gasteiger partial charge in [0, 0.05) is 22.8 Å². The SMILES string of the molecule is CC(C)(O/N=C(\C(=O)NC1C(=O)N2C(C(=O)[O-])=C(C[n+]3ccc4ccsc4c3)CS[C@H]12)c1noc(N)n1)C(=O)O. The first-order valence-corrected chi connectivity index (χ1v) is 13.5. The van der Waals surface area contributed by atoms with Gasteiger partial charge in [0.15, 0.2) is 18.9 Å². The van der Waals surface area contributed by atoms with Gasteiger partial charge in [-0.1, -0.05) is 10.3 Å². The number of nitrogens with one attached hydrogen (secondary N) is 1. The number of hydrogen-bond donors (Lipinski definition) is 3. The van der Waals surface area contributed by atoms with E-state index in [1.807, 2.05) is 34.5 Å². The third-order valence-corrected chi connectivity index (χ3v) is 8.31. The maximum Gasteiger partial charge on any atom is 0.350 e. The second-order valence-electron chi connectivity index (χ2n) is 9.26. The van der Waals surface area contributed by atoms with E-state index >= 15 is 0 Å². The number of fused-ring (bicyclic) bond motifs is 2. The van der Waals surface area contributed by atoms with E-state index in [0.717, 1.165) is 15.0 Å². The molecule has 208 valence electrons. The van der Waals surface area contributed by atoms with Crippen molar-refractivity contribution in [2.75, 3.05) is 11.5 Å². The van der Waals surface area contributed by atoms with Crippen LogP contribution in [0.5, 0.6) is 0 Å². The van der Waals surface area contributed by atoms with E-state index in [-0.39, 0.29) is 18.0 Å². The number of rotatable bonds is 9. The predicted octanol–water partition coefficient (Wildman–Crippen LogP) is -1.16. The molecule has 0 aliphatic carbocycles. The number of β-lactam (4-membered cyclic amide) rings is 1. The van der Waals surface area contributed by atoms with Crippen LogP contribution in [0.2, 0.25) is 0 Å². The van der Waals surface area contributed by atoms with Gasteiger partial charge in [-0.3, -0.25) is 14.5 Å². The molecule has 0 saturated carbocycles. The molecule has 2 amide bonds. The van der Waals surface area contributed by atoms with Gasteiger partial charge in [-0.25, -0.2) is 4.79 Å². The molecule has 0 radical (unpaired) electrons.